The SMILES string of the molecule is CC[C@H](C(=O)NC1CCCC1)N(Cc1ccc(OC)cc1)C(=O)CN(c1ccc(Cl)cc1)S(C)(=O)=O. The van der Waals surface area contributed by atoms with Gasteiger partial charge >= 0.3 is 0 Å². The quantitative estimate of drug-likeness (QED) is 0.469. The van der Waals surface area contributed by atoms with Crippen LogP contribution in [0.4, 0.5) is 5.69 Å². The van der Waals surface area contributed by atoms with Gasteiger partial charge in [-0.1, -0.05) is 43.5 Å². The van der Waals surface area contributed by atoms with Crippen LogP contribution in [-0.2, 0) is 26.2 Å². The maximum absolute atomic E-state index is 13.7. The number of carbonyl (C=O) groups is 2. The molecule has 0 saturated heterocycles. The van der Waals surface area contributed by atoms with E-state index in [1.807, 2.05) is 19.1 Å². The van der Waals surface area contributed by atoms with E-state index in [-0.39, 0.29) is 18.5 Å². The molecular weight excluding hydrogens is 502 g/mol. The lowest BCUT2D eigenvalue weighted by molar-refractivity contribution is -0.140. The van der Waals surface area contributed by atoms with Crippen molar-refractivity contribution in [3.63, 3.8) is 0 Å². The number of hydrogen-bond acceptors (Lipinski definition) is 5. The minimum atomic E-state index is -3.79. The summed E-state index contributed by atoms with van der Waals surface area (Å²) < 4.78 is 31.5. The third kappa shape index (κ3) is 7.36. The molecule has 0 radical (unpaired) electrons. The third-order valence-electron chi connectivity index (χ3n) is 6.39. The van der Waals surface area contributed by atoms with Crippen LogP contribution in [0.15, 0.2) is 48.5 Å². The van der Waals surface area contributed by atoms with Gasteiger partial charge in [-0.15, -0.1) is 0 Å². The monoisotopic (exact) mass is 535 g/mol. The summed E-state index contributed by atoms with van der Waals surface area (Å²) in [5.74, 6) is -0.0168. The number of halogens is 1. The molecule has 8 nitrogen and oxygen atoms in total. The summed E-state index contributed by atoms with van der Waals surface area (Å²) in [5, 5.41) is 3.54. The molecule has 2 aromatic carbocycles. The van der Waals surface area contributed by atoms with Crippen LogP contribution in [0.25, 0.3) is 0 Å². The normalized spacial score (nSPS) is 14.8. The number of methoxy groups -OCH3 is 1. The average molecular weight is 536 g/mol. The van der Waals surface area contributed by atoms with Gasteiger partial charge in [0.2, 0.25) is 21.8 Å². The van der Waals surface area contributed by atoms with Gasteiger partial charge in [-0.25, -0.2) is 8.42 Å². The molecule has 1 fully saturated rings. The molecule has 1 atom stereocenters. The fraction of sp³-hybridized carbons (Fsp3) is 0.462. The van der Waals surface area contributed by atoms with Crippen molar-refractivity contribution in [3.8, 4) is 5.75 Å². The highest BCUT2D eigenvalue weighted by Crippen LogP contribution is 2.23. The first-order valence-corrected chi connectivity index (χ1v) is 14.3. The second-order valence-electron chi connectivity index (χ2n) is 9.03. The predicted molar refractivity (Wildman–Crippen MR) is 142 cm³/mol. The van der Waals surface area contributed by atoms with E-state index in [0.29, 0.717) is 22.9 Å². The lowest BCUT2D eigenvalue weighted by Gasteiger charge is -2.33. The number of sulfonamides is 1. The van der Waals surface area contributed by atoms with Crippen molar-refractivity contribution >= 4 is 39.1 Å². The molecule has 196 valence electrons. The minimum Gasteiger partial charge on any atom is -0.497 e. The number of hydrogen-bond donors (Lipinski definition) is 1. The van der Waals surface area contributed by atoms with Crippen LogP contribution in [0.2, 0.25) is 5.02 Å². The van der Waals surface area contributed by atoms with Gasteiger partial charge in [0.15, 0.2) is 0 Å². The highest BCUT2D eigenvalue weighted by molar-refractivity contribution is 7.92. The molecular formula is C26H34ClN3O5S. The number of carbonyl (C=O) groups excluding carboxylic acids is 2. The summed E-state index contributed by atoms with van der Waals surface area (Å²) >= 11 is 5.97. The van der Waals surface area contributed by atoms with Gasteiger partial charge in [0, 0.05) is 17.6 Å². The number of rotatable bonds is 11. The second-order valence-corrected chi connectivity index (χ2v) is 11.4. The van der Waals surface area contributed by atoms with E-state index in [0.717, 1.165) is 41.8 Å². The Labute approximate surface area is 218 Å². The van der Waals surface area contributed by atoms with Gasteiger partial charge in [0.1, 0.15) is 18.3 Å². The number of amides is 2. The molecule has 2 aromatic rings. The van der Waals surface area contributed by atoms with Gasteiger partial charge < -0.3 is 15.0 Å². The number of benzene rings is 2. The smallest absolute Gasteiger partial charge is 0.244 e. The summed E-state index contributed by atoms with van der Waals surface area (Å²) in [7, 11) is -2.22. The molecule has 1 saturated carbocycles. The largest absolute Gasteiger partial charge is 0.497 e. The highest BCUT2D eigenvalue weighted by atomic mass is 35.5. The Kier molecular flexibility index (Phi) is 9.62. The lowest BCUT2D eigenvalue weighted by Crippen LogP contribution is -2.53. The zero-order valence-corrected chi connectivity index (χ0v) is 22.5. The number of ether oxygens (including phenoxy) is 1. The van der Waals surface area contributed by atoms with E-state index < -0.39 is 28.5 Å². The first-order chi connectivity index (χ1) is 17.1. The van der Waals surface area contributed by atoms with Gasteiger partial charge in [-0.3, -0.25) is 13.9 Å². The van der Waals surface area contributed by atoms with Crippen LogP contribution < -0.4 is 14.4 Å². The van der Waals surface area contributed by atoms with E-state index in [9.17, 15) is 18.0 Å². The fourth-order valence-corrected chi connectivity index (χ4v) is 5.41. The number of nitrogens with one attached hydrogen (secondary N) is 1. The van der Waals surface area contributed by atoms with Crippen molar-refractivity contribution in [1.82, 2.24) is 10.2 Å². The van der Waals surface area contributed by atoms with Crippen LogP contribution in [-0.4, -0.2) is 57.1 Å². The van der Waals surface area contributed by atoms with Crippen LogP contribution in [0.5, 0.6) is 5.75 Å². The van der Waals surface area contributed by atoms with Crippen LogP contribution >= 0.6 is 11.6 Å². The molecule has 0 heterocycles. The summed E-state index contributed by atoms with van der Waals surface area (Å²) in [5.41, 5.74) is 1.12. The average Bonchev–Trinajstić information content (AvgIpc) is 3.35. The van der Waals surface area contributed by atoms with Crippen molar-refractivity contribution in [2.75, 3.05) is 24.2 Å². The molecule has 0 bridgehead atoms. The van der Waals surface area contributed by atoms with Crippen molar-refractivity contribution in [3.05, 3.63) is 59.1 Å². The van der Waals surface area contributed by atoms with Gasteiger partial charge in [-0.2, -0.15) is 0 Å². The van der Waals surface area contributed by atoms with Crippen molar-refractivity contribution in [1.29, 1.82) is 0 Å². The molecule has 1 N–H and O–H groups in total. The Morgan fingerprint density at radius 3 is 2.22 bits per heavy atom. The van der Waals surface area contributed by atoms with Gasteiger partial charge in [0.25, 0.3) is 0 Å². The van der Waals surface area contributed by atoms with Crippen LogP contribution in [0.3, 0.4) is 0 Å². The molecule has 3 rings (SSSR count). The third-order valence-corrected chi connectivity index (χ3v) is 7.79. The second kappa shape index (κ2) is 12.5. The molecule has 1 aliphatic carbocycles. The Balaban J connectivity index is 1.90. The Hall–Kier alpha value is -2.78. The van der Waals surface area contributed by atoms with E-state index in [4.69, 9.17) is 16.3 Å². The number of anilines is 1. The fourth-order valence-electron chi connectivity index (χ4n) is 4.44. The maximum atomic E-state index is 13.7. The van der Waals surface area contributed by atoms with Crippen LogP contribution in [0, 0.1) is 0 Å². The molecule has 36 heavy (non-hydrogen) atoms. The maximum Gasteiger partial charge on any atom is 0.244 e. The Bertz CT molecular complexity index is 1130. The molecule has 0 unspecified atom stereocenters. The highest BCUT2D eigenvalue weighted by Gasteiger charge is 2.33. The van der Waals surface area contributed by atoms with E-state index in [1.165, 1.54) is 4.90 Å². The zero-order valence-electron chi connectivity index (χ0n) is 20.9. The first-order valence-electron chi connectivity index (χ1n) is 12.1. The van der Waals surface area contributed by atoms with Gasteiger partial charge in [-0.05, 0) is 61.2 Å². The minimum absolute atomic E-state index is 0.103. The van der Waals surface area contributed by atoms with E-state index >= 15 is 0 Å². The van der Waals surface area contributed by atoms with E-state index in [1.54, 1.807) is 43.5 Å². The Morgan fingerprint density at radius 1 is 1.08 bits per heavy atom. The molecule has 2 amide bonds. The molecule has 0 spiro atoms. The van der Waals surface area contributed by atoms with Crippen molar-refractivity contribution in [2.45, 2.75) is 57.7 Å². The standard InChI is InChI=1S/C26H34ClN3O5S/c1-4-24(26(32)28-21-7-5-6-8-21)29(17-19-9-15-23(35-2)16-10-19)25(31)18-30(36(3,33)34)22-13-11-20(27)12-14-22/h9-16,21,24H,4-8,17-18H2,1-3H3,(H,28,32)/t24-/m1/s1. The molecule has 10 heteroatoms. The zero-order chi connectivity index (χ0) is 26.3. The molecule has 0 aromatic heterocycles. The summed E-state index contributed by atoms with van der Waals surface area (Å²) in [6.07, 6.45) is 5.43. The lowest BCUT2D eigenvalue weighted by atomic mass is 10.1. The number of nitrogens with zero attached hydrogens (tertiary/aromatic N) is 2. The van der Waals surface area contributed by atoms with Crippen molar-refractivity contribution < 1.29 is 22.7 Å². The summed E-state index contributed by atoms with van der Waals surface area (Å²) in [4.78, 5) is 28.5. The van der Waals surface area contributed by atoms with Crippen LogP contribution in [0.1, 0.15) is 44.6 Å². The Morgan fingerprint density at radius 2 is 1.69 bits per heavy atom. The summed E-state index contributed by atoms with van der Waals surface area (Å²) in [6, 6.07) is 12.8. The molecule has 0 aliphatic heterocycles. The van der Waals surface area contributed by atoms with Gasteiger partial charge in [0.05, 0.1) is 19.1 Å². The summed E-state index contributed by atoms with van der Waals surface area (Å²) in [6.45, 7) is 1.56. The first kappa shape index (κ1) is 27.8. The predicted octanol–water partition coefficient (Wildman–Crippen LogP) is 3.98. The molecule has 1 aliphatic rings. The van der Waals surface area contributed by atoms with E-state index in [2.05, 4.69) is 5.32 Å². The van der Waals surface area contributed by atoms with Crippen molar-refractivity contribution in [2.24, 2.45) is 0 Å². The topological polar surface area (TPSA) is 96.0 Å².